The van der Waals surface area contributed by atoms with Gasteiger partial charge >= 0.3 is 0 Å². The first-order valence-corrected chi connectivity index (χ1v) is 3.68. The van der Waals surface area contributed by atoms with Crippen LogP contribution in [0.4, 0.5) is 0 Å². The maximum absolute atomic E-state index is 11.1. The molecule has 0 fully saturated rings. The van der Waals surface area contributed by atoms with Crippen LogP contribution in [-0.2, 0) is 4.79 Å². The first kappa shape index (κ1) is 7.26. The summed E-state index contributed by atoms with van der Waals surface area (Å²) in [5.41, 5.74) is 0.991. The summed E-state index contributed by atoms with van der Waals surface area (Å²) in [5.74, 6) is 0.288. The van der Waals surface area contributed by atoms with Crippen molar-refractivity contribution < 1.29 is 4.79 Å². The molecule has 0 aromatic carbocycles. The molecule has 0 radical (unpaired) electrons. The molecule has 1 aliphatic carbocycles. The first-order valence-electron chi connectivity index (χ1n) is 3.68. The maximum Gasteiger partial charge on any atom is 0.162 e. The minimum absolute atomic E-state index is 0.288. The summed E-state index contributed by atoms with van der Waals surface area (Å²) in [6, 6.07) is 0. The topological polar surface area (TPSA) is 17.1 Å². The third kappa shape index (κ3) is 1.56. The number of hydrogen-bond donors (Lipinski definition) is 0. The molecule has 0 aliphatic heterocycles. The van der Waals surface area contributed by atoms with Gasteiger partial charge in [-0.25, -0.2) is 0 Å². The lowest BCUT2D eigenvalue weighted by molar-refractivity contribution is -0.114. The summed E-state index contributed by atoms with van der Waals surface area (Å²) in [4.78, 5) is 11.1. The van der Waals surface area contributed by atoms with Gasteiger partial charge in [-0.15, -0.1) is 0 Å². The molecule has 0 aromatic rings. The number of carbonyl (C=O) groups is 1. The Morgan fingerprint density at radius 1 is 1.50 bits per heavy atom. The van der Waals surface area contributed by atoms with E-state index in [-0.39, 0.29) is 5.78 Å². The second-order valence-corrected chi connectivity index (χ2v) is 2.45. The largest absolute Gasteiger partial charge is 0.294 e. The molecule has 0 saturated heterocycles. The van der Waals surface area contributed by atoms with Crippen molar-refractivity contribution in [2.75, 3.05) is 0 Å². The Hall–Kier alpha value is -0.850. The van der Waals surface area contributed by atoms with Gasteiger partial charge in [-0.3, -0.25) is 4.79 Å². The second kappa shape index (κ2) is 3.35. The van der Waals surface area contributed by atoms with Gasteiger partial charge in [-0.1, -0.05) is 18.2 Å². The van der Waals surface area contributed by atoms with Crippen molar-refractivity contribution in [2.24, 2.45) is 0 Å². The van der Waals surface area contributed by atoms with E-state index in [2.05, 4.69) is 6.08 Å². The fraction of sp³-hybridized carbons (Fsp3) is 0.444. The van der Waals surface area contributed by atoms with Crippen molar-refractivity contribution >= 4 is 5.78 Å². The number of rotatable bonds is 0. The molecule has 1 aliphatic rings. The van der Waals surface area contributed by atoms with Crippen molar-refractivity contribution in [3.63, 3.8) is 0 Å². The molecule has 0 atom stereocenters. The summed E-state index contributed by atoms with van der Waals surface area (Å²) in [6.07, 6.45) is 8.50. The smallest absolute Gasteiger partial charge is 0.162 e. The number of Topliss-reactive ketones (excluding diaryl/α,β-unsaturated/α-hetero) is 1. The van der Waals surface area contributed by atoms with Crippen LogP contribution in [0.15, 0.2) is 23.8 Å². The van der Waals surface area contributed by atoms with E-state index in [1.54, 1.807) is 0 Å². The van der Waals surface area contributed by atoms with E-state index in [1.807, 2.05) is 19.1 Å². The number of hydrogen-bond acceptors (Lipinski definition) is 1. The summed E-state index contributed by atoms with van der Waals surface area (Å²) in [6.45, 7) is 1.93. The molecule has 0 bridgehead atoms. The van der Waals surface area contributed by atoms with Crippen LogP contribution in [0.25, 0.3) is 0 Å². The molecule has 0 saturated carbocycles. The van der Waals surface area contributed by atoms with Gasteiger partial charge in [0.05, 0.1) is 0 Å². The van der Waals surface area contributed by atoms with Gasteiger partial charge in [0.2, 0.25) is 0 Å². The molecular weight excluding hydrogens is 124 g/mol. The predicted molar refractivity (Wildman–Crippen MR) is 41.8 cm³/mol. The lowest BCUT2D eigenvalue weighted by Gasteiger charge is -1.97. The Kier molecular flexibility index (Phi) is 2.43. The summed E-state index contributed by atoms with van der Waals surface area (Å²) in [5, 5.41) is 0. The normalized spacial score (nSPS) is 23.3. The van der Waals surface area contributed by atoms with Gasteiger partial charge in [0, 0.05) is 6.42 Å². The van der Waals surface area contributed by atoms with Crippen LogP contribution >= 0.6 is 0 Å². The highest BCUT2D eigenvalue weighted by Crippen LogP contribution is 2.13. The Morgan fingerprint density at radius 3 is 3.00 bits per heavy atom. The van der Waals surface area contributed by atoms with E-state index in [0.29, 0.717) is 6.42 Å². The van der Waals surface area contributed by atoms with Gasteiger partial charge in [-0.2, -0.15) is 0 Å². The fourth-order valence-electron chi connectivity index (χ4n) is 1.12. The van der Waals surface area contributed by atoms with Crippen LogP contribution < -0.4 is 0 Å². The average Bonchev–Trinajstić information content (AvgIpc) is 2.13. The molecule has 54 valence electrons. The van der Waals surface area contributed by atoms with Crippen LogP contribution in [0.2, 0.25) is 0 Å². The van der Waals surface area contributed by atoms with E-state index in [4.69, 9.17) is 0 Å². The Labute approximate surface area is 61.4 Å². The molecule has 0 unspecified atom stereocenters. The van der Waals surface area contributed by atoms with E-state index in [1.165, 1.54) is 0 Å². The van der Waals surface area contributed by atoms with Crippen LogP contribution in [0, 0.1) is 0 Å². The third-order valence-electron chi connectivity index (χ3n) is 1.76. The minimum Gasteiger partial charge on any atom is -0.294 e. The van der Waals surface area contributed by atoms with Crippen LogP contribution in [0.3, 0.4) is 0 Å². The summed E-state index contributed by atoms with van der Waals surface area (Å²) in [7, 11) is 0. The molecule has 0 amide bonds. The Bertz CT molecular complexity index is 187. The molecule has 0 heterocycles. The minimum atomic E-state index is 0.288. The van der Waals surface area contributed by atoms with Gasteiger partial charge in [-0.05, 0) is 25.3 Å². The van der Waals surface area contributed by atoms with Crippen molar-refractivity contribution in [3.8, 4) is 0 Å². The highest BCUT2D eigenvalue weighted by atomic mass is 16.1. The van der Waals surface area contributed by atoms with E-state index in [9.17, 15) is 4.79 Å². The van der Waals surface area contributed by atoms with Gasteiger partial charge < -0.3 is 0 Å². The molecule has 1 nitrogen and oxygen atoms in total. The van der Waals surface area contributed by atoms with Gasteiger partial charge in [0.15, 0.2) is 5.78 Å². The van der Waals surface area contributed by atoms with E-state index in [0.717, 1.165) is 18.4 Å². The predicted octanol–water partition coefficient (Wildman–Crippen LogP) is 2.24. The quantitative estimate of drug-likeness (QED) is 0.368. The fourth-order valence-corrected chi connectivity index (χ4v) is 1.12. The molecule has 0 N–H and O–H groups in total. The lowest BCUT2D eigenvalue weighted by atomic mass is 10.1. The number of allylic oxidation sites excluding steroid dienone is 4. The number of carbonyl (C=O) groups excluding carboxylic acids is 1. The van der Waals surface area contributed by atoms with Crippen molar-refractivity contribution in [1.29, 1.82) is 0 Å². The van der Waals surface area contributed by atoms with Crippen LogP contribution in [-0.4, -0.2) is 5.78 Å². The summed E-state index contributed by atoms with van der Waals surface area (Å²) < 4.78 is 0. The number of ketones is 1. The van der Waals surface area contributed by atoms with Crippen molar-refractivity contribution in [3.05, 3.63) is 23.8 Å². The summed E-state index contributed by atoms with van der Waals surface area (Å²) >= 11 is 0. The molecule has 10 heavy (non-hydrogen) atoms. The highest BCUT2D eigenvalue weighted by Gasteiger charge is 2.07. The van der Waals surface area contributed by atoms with Crippen LogP contribution in [0.5, 0.6) is 0 Å². The average molecular weight is 136 g/mol. The lowest BCUT2D eigenvalue weighted by Crippen LogP contribution is -1.98. The van der Waals surface area contributed by atoms with Crippen molar-refractivity contribution in [2.45, 2.75) is 26.2 Å². The Morgan fingerprint density at radius 2 is 2.30 bits per heavy atom. The second-order valence-electron chi connectivity index (χ2n) is 2.45. The molecule has 0 aromatic heterocycles. The van der Waals surface area contributed by atoms with Crippen LogP contribution in [0.1, 0.15) is 26.2 Å². The zero-order valence-electron chi connectivity index (χ0n) is 6.26. The van der Waals surface area contributed by atoms with E-state index >= 15 is 0 Å². The molecular formula is C9H12O. The van der Waals surface area contributed by atoms with Gasteiger partial charge in [0.25, 0.3) is 0 Å². The van der Waals surface area contributed by atoms with Gasteiger partial charge in [0.1, 0.15) is 0 Å². The zero-order valence-corrected chi connectivity index (χ0v) is 6.26. The molecule has 1 rings (SSSR count). The zero-order chi connectivity index (χ0) is 7.40. The van der Waals surface area contributed by atoms with Crippen molar-refractivity contribution in [1.82, 2.24) is 0 Å². The standard InChI is InChI=1S/C9H12O/c1-2-8-6-4-3-5-7-9(8)10/h2-3,5H,4,6-7H2,1H3. The highest BCUT2D eigenvalue weighted by molar-refractivity contribution is 5.96. The molecule has 1 heteroatoms. The Balaban J connectivity index is 2.70. The first-order chi connectivity index (χ1) is 4.84. The van der Waals surface area contributed by atoms with E-state index < -0.39 is 0 Å². The monoisotopic (exact) mass is 136 g/mol. The maximum atomic E-state index is 11.1. The SMILES string of the molecule is CC=C1CCC=CCC1=O. The third-order valence-corrected chi connectivity index (χ3v) is 1.76. The molecule has 0 spiro atoms.